The highest BCUT2D eigenvalue weighted by molar-refractivity contribution is 7.10. The van der Waals surface area contributed by atoms with E-state index in [1.54, 1.807) is 11.3 Å². The average molecular weight is 346 g/mol. The monoisotopic (exact) mass is 345 g/mol. The van der Waals surface area contributed by atoms with E-state index in [4.69, 9.17) is 0 Å². The lowest BCUT2D eigenvalue weighted by molar-refractivity contribution is 0.0953. The average Bonchev–Trinajstić information content (AvgIpc) is 2.98. The van der Waals surface area contributed by atoms with Gasteiger partial charge in [-0.1, -0.05) is 32.4 Å². The van der Waals surface area contributed by atoms with Crippen LogP contribution in [-0.4, -0.2) is 12.5 Å². The first kappa shape index (κ1) is 17.7. The number of carbonyl (C=O) groups is 1. The predicted molar refractivity (Wildman–Crippen MR) is 103 cm³/mol. The van der Waals surface area contributed by atoms with E-state index >= 15 is 0 Å². The molecule has 2 aliphatic rings. The van der Waals surface area contributed by atoms with Crippen molar-refractivity contribution in [2.75, 3.05) is 6.54 Å². The summed E-state index contributed by atoms with van der Waals surface area (Å²) in [5.74, 6) is 0.871. The van der Waals surface area contributed by atoms with Crippen molar-refractivity contribution in [3.8, 4) is 0 Å². The third kappa shape index (κ3) is 4.11. The van der Waals surface area contributed by atoms with E-state index in [-0.39, 0.29) is 5.91 Å². The van der Waals surface area contributed by atoms with Gasteiger partial charge in [-0.3, -0.25) is 4.79 Å². The summed E-state index contributed by atoms with van der Waals surface area (Å²) in [6.45, 7) is 7.79. The second kappa shape index (κ2) is 7.43. The number of fused-ring (bicyclic) bond motifs is 1. The third-order valence-electron chi connectivity index (χ3n) is 5.74. The van der Waals surface area contributed by atoms with Crippen molar-refractivity contribution in [1.82, 2.24) is 5.32 Å². The Hall–Kier alpha value is -1.09. The quantitative estimate of drug-likeness (QED) is 0.715. The molecule has 0 fully saturated rings. The van der Waals surface area contributed by atoms with Gasteiger partial charge in [0.15, 0.2) is 0 Å². The van der Waals surface area contributed by atoms with Crippen molar-refractivity contribution < 1.29 is 4.79 Å². The Kier molecular flexibility index (Phi) is 5.49. The molecule has 132 valence electrons. The van der Waals surface area contributed by atoms with Crippen molar-refractivity contribution in [2.24, 2.45) is 11.3 Å². The molecule has 1 aromatic rings. The smallest absolute Gasteiger partial charge is 0.252 e. The molecule has 1 heterocycles. The van der Waals surface area contributed by atoms with Crippen LogP contribution in [0.5, 0.6) is 0 Å². The van der Waals surface area contributed by atoms with Gasteiger partial charge in [0.2, 0.25) is 0 Å². The van der Waals surface area contributed by atoms with Crippen molar-refractivity contribution in [3.05, 3.63) is 33.0 Å². The molecule has 3 rings (SSSR count). The topological polar surface area (TPSA) is 29.1 Å². The molecule has 1 N–H and O–H groups in total. The van der Waals surface area contributed by atoms with E-state index in [1.807, 2.05) is 0 Å². The molecule has 2 aliphatic carbocycles. The lowest BCUT2D eigenvalue weighted by Crippen LogP contribution is -2.28. The van der Waals surface area contributed by atoms with Crippen LogP contribution in [0.15, 0.2) is 17.0 Å². The van der Waals surface area contributed by atoms with Gasteiger partial charge in [-0.05, 0) is 68.3 Å². The lowest BCUT2D eigenvalue weighted by atomic mass is 9.72. The number of allylic oxidation sites excluding steroid dienone is 1. The SMILES string of the molecule is CC(C)(C)C1CCc2c(C(=O)NCCC3=CCCCC3)csc2C1. The Morgan fingerprint density at radius 1 is 1.29 bits per heavy atom. The van der Waals surface area contributed by atoms with E-state index < -0.39 is 0 Å². The molecular weight excluding hydrogens is 314 g/mol. The second-order valence-corrected chi connectivity index (χ2v) is 9.44. The highest BCUT2D eigenvalue weighted by Gasteiger charge is 2.31. The van der Waals surface area contributed by atoms with E-state index in [0.29, 0.717) is 5.41 Å². The molecule has 2 nitrogen and oxygen atoms in total. The number of hydrogen-bond acceptors (Lipinski definition) is 2. The van der Waals surface area contributed by atoms with Crippen LogP contribution in [-0.2, 0) is 12.8 Å². The van der Waals surface area contributed by atoms with E-state index in [9.17, 15) is 4.79 Å². The summed E-state index contributed by atoms with van der Waals surface area (Å²) in [5.41, 5.74) is 4.16. The van der Waals surface area contributed by atoms with Gasteiger partial charge in [0.05, 0.1) is 5.56 Å². The minimum atomic E-state index is 0.137. The van der Waals surface area contributed by atoms with Crippen LogP contribution < -0.4 is 5.32 Å². The van der Waals surface area contributed by atoms with Crippen LogP contribution in [0.4, 0.5) is 0 Å². The van der Waals surface area contributed by atoms with Crippen LogP contribution in [0.2, 0.25) is 0 Å². The van der Waals surface area contributed by atoms with Crippen LogP contribution in [0.3, 0.4) is 0 Å². The molecule has 3 heteroatoms. The standard InChI is InChI=1S/C21H31NOS/c1-21(2,3)16-9-10-17-18(14-24-19(17)13-16)20(23)22-12-11-15-7-5-4-6-8-15/h7,14,16H,4-6,8-13H2,1-3H3,(H,22,23). The number of hydrogen-bond donors (Lipinski definition) is 1. The third-order valence-corrected chi connectivity index (χ3v) is 6.79. The molecule has 0 spiro atoms. The molecule has 0 saturated heterocycles. The maximum Gasteiger partial charge on any atom is 0.252 e. The fourth-order valence-corrected chi connectivity index (χ4v) is 5.17. The zero-order valence-corrected chi connectivity index (χ0v) is 16.2. The minimum Gasteiger partial charge on any atom is -0.352 e. The molecular formula is C21H31NOS. The summed E-state index contributed by atoms with van der Waals surface area (Å²) in [6, 6.07) is 0. The summed E-state index contributed by atoms with van der Waals surface area (Å²) in [4.78, 5) is 14.0. The fraction of sp³-hybridized carbons (Fsp3) is 0.667. The first-order valence-corrected chi connectivity index (χ1v) is 10.4. The number of rotatable bonds is 4. The van der Waals surface area contributed by atoms with E-state index in [1.165, 1.54) is 48.1 Å². The summed E-state index contributed by atoms with van der Waals surface area (Å²) >= 11 is 1.79. The molecule has 0 aromatic carbocycles. The fourth-order valence-electron chi connectivity index (χ4n) is 4.01. The normalized spacial score (nSPS) is 21.1. The molecule has 1 aromatic heterocycles. The van der Waals surface area contributed by atoms with Crippen LogP contribution in [0.1, 0.15) is 80.1 Å². The molecule has 1 atom stereocenters. The van der Waals surface area contributed by atoms with E-state index in [2.05, 4.69) is 37.5 Å². The van der Waals surface area contributed by atoms with E-state index in [0.717, 1.165) is 37.3 Å². The van der Waals surface area contributed by atoms with Gasteiger partial charge in [0, 0.05) is 16.8 Å². The zero-order chi connectivity index (χ0) is 17.2. The van der Waals surface area contributed by atoms with Crippen LogP contribution in [0, 0.1) is 11.3 Å². The number of carbonyl (C=O) groups excluding carboxylic acids is 1. The van der Waals surface area contributed by atoms with Gasteiger partial charge < -0.3 is 5.32 Å². The maximum absolute atomic E-state index is 12.6. The number of thiophene rings is 1. The summed E-state index contributed by atoms with van der Waals surface area (Å²) in [6.07, 6.45) is 11.9. The Labute approximate surface area is 150 Å². The molecule has 0 saturated carbocycles. The predicted octanol–water partition coefficient (Wildman–Crippen LogP) is 5.52. The van der Waals surface area contributed by atoms with Gasteiger partial charge in [0.25, 0.3) is 5.91 Å². The Morgan fingerprint density at radius 2 is 2.12 bits per heavy atom. The van der Waals surface area contributed by atoms with Gasteiger partial charge in [-0.25, -0.2) is 0 Å². The molecule has 1 unspecified atom stereocenters. The largest absolute Gasteiger partial charge is 0.352 e. The van der Waals surface area contributed by atoms with Gasteiger partial charge in [-0.2, -0.15) is 0 Å². The Bertz CT molecular complexity index is 620. The maximum atomic E-state index is 12.6. The molecule has 0 radical (unpaired) electrons. The summed E-state index contributed by atoms with van der Waals surface area (Å²) < 4.78 is 0. The highest BCUT2D eigenvalue weighted by Crippen LogP contribution is 2.40. The first-order chi connectivity index (χ1) is 11.4. The molecule has 0 aliphatic heterocycles. The number of amides is 1. The Balaban J connectivity index is 1.57. The highest BCUT2D eigenvalue weighted by atomic mass is 32.1. The zero-order valence-electron chi connectivity index (χ0n) is 15.4. The van der Waals surface area contributed by atoms with Crippen LogP contribution in [0.25, 0.3) is 0 Å². The number of nitrogens with one attached hydrogen (secondary N) is 1. The van der Waals surface area contributed by atoms with Gasteiger partial charge >= 0.3 is 0 Å². The van der Waals surface area contributed by atoms with Crippen LogP contribution >= 0.6 is 11.3 Å². The van der Waals surface area contributed by atoms with Crippen molar-refractivity contribution in [2.45, 2.75) is 72.1 Å². The molecule has 0 bridgehead atoms. The van der Waals surface area contributed by atoms with Crippen molar-refractivity contribution in [1.29, 1.82) is 0 Å². The minimum absolute atomic E-state index is 0.137. The Morgan fingerprint density at radius 3 is 2.83 bits per heavy atom. The van der Waals surface area contributed by atoms with Crippen molar-refractivity contribution in [3.63, 3.8) is 0 Å². The van der Waals surface area contributed by atoms with Gasteiger partial charge in [0.1, 0.15) is 0 Å². The van der Waals surface area contributed by atoms with Gasteiger partial charge in [-0.15, -0.1) is 11.3 Å². The van der Waals surface area contributed by atoms with Crippen molar-refractivity contribution >= 4 is 17.2 Å². The first-order valence-electron chi connectivity index (χ1n) is 9.50. The molecule has 1 amide bonds. The lowest BCUT2D eigenvalue weighted by Gasteiger charge is -2.34. The second-order valence-electron chi connectivity index (χ2n) is 8.47. The molecule has 24 heavy (non-hydrogen) atoms. The summed E-state index contributed by atoms with van der Waals surface area (Å²) in [7, 11) is 0. The summed E-state index contributed by atoms with van der Waals surface area (Å²) in [5, 5.41) is 5.24.